The van der Waals surface area contributed by atoms with E-state index in [9.17, 15) is 9.90 Å². The van der Waals surface area contributed by atoms with Crippen LogP contribution in [-0.2, 0) is 11.3 Å². The van der Waals surface area contributed by atoms with Crippen LogP contribution >= 0.6 is 0 Å². The van der Waals surface area contributed by atoms with E-state index in [0.29, 0.717) is 6.54 Å². The molecule has 4 nitrogen and oxygen atoms in total. The predicted octanol–water partition coefficient (Wildman–Crippen LogP) is 1.72. The molecule has 1 aromatic rings. The number of carbonyl (C=O) groups is 1. The van der Waals surface area contributed by atoms with E-state index in [1.807, 2.05) is 38.1 Å². The number of carbonyl (C=O) groups excluding carboxylic acids is 1. The smallest absolute Gasteiger partial charge is 0.222 e. The molecule has 1 unspecified atom stereocenters. The Balaban J connectivity index is 2.37. The van der Waals surface area contributed by atoms with E-state index < -0.39 is 6.10 Å². The summed E-state index contributed by atoms with van der Waals surface area (Å²) < 4.78 is 5.05. The van der Waals surface area contributed by atoms with Crippen molar-refractivity contribution in [2.24, 2.45) is 5.92 Å². The number of hydrogen-bond donors (Lipinski definition) is 2. The number of methoxy groups -OCH3 is 1. The van der Waals surface area contributed by atoms with Crippen molar-refractivity contribution in [3.63, 3.8) is 0 Å². The van der Waals surface area contributed by atoms with Gasteiger partial charge in [-0.3, -0.25) is 4.79 Å². The van der Waals surface area contributed by atoms with Gasteiger partial charge in [-0.25, -0.2) is 0 Å². The Kier molecular flexibility index (Phi) is 5.65. The largest absolute Gasteiger partial charge is 0.497 e. The molecule has 0 spiro atoms. The fraction of sp³-hybridized carbons (Fsp3) is 0.500. The van der Waals surface area contributed by atoms with Gasteiger partial charge < -0.3 is 15.2 Å². The van der Waals surface area contributed by atoms with Crippen molar-refractivity contribution in [2.75, 3.05) is 7.11 Å². The molecule has 1 amide bonds. The molecule has 0 bridgehead atoms. The van der Waals surface area contributed by atoms with Gasteiger partial charge in [-0.1, -0.05) is 26.0 Å². The van der Waals surface area contributed by atoms with Crippen LogP contribution in [0.3, 0.4) is 0 Å². The van der Waals surface area contributed by atoms with E-state index in [-0.39, 0.29) is 18.2 Å². The lowest BCUT2D eigenvalue weighted by Gasteiger charge is -2.14. The molecule has 18 heavy (non-hydrogen) atoms. The highest BCUT2D eigenvalue weighted by molar-refractivity contribution is 5.76. The molecule has 0 aromatic heterocycles. The van der Waals surface area contributed by atoms with Gasteiger partial charge in [-0.05, 0) is 23.6 Å². The SMILES string of the molecule is COc1ccc(CNC(=O)CC(O)C(C)C)cc1. The van der Waals surface area contributed by atoms with Gasteiger partial charge in [0.15, 0.2) is 0 Å². The zero-order chi connectivity index (χ0) is 13.5. The Morgan fingerprint density at radius 3 is 2.44 bits per heavy atom. The summed E-state index contributed by atoms with van der Waals surface area (Å²) in [5.41, 5.74) is 1.00. The second-order valence-corrected chi connectivity index (χ2v) is 4.64. The molecule has 2 N–H and O–H groups in total. The van der Waals surface area contributed by atoms with Gasteiger partial charge in [0.25, 0.3) is 0 Å². The first-order valence-electron chi connectivity index (χ1n) is 6.10. The molecule has 0 radical (unpaired) electrons. The number of benzene rings is 1. The minimum Gasteiger partial charge on any atom is -0.497 e. The van der Waals surface area contributed by atoms with E-state index in [0.717, 1.165) is 11.3 Å². The zero-order valence-corrected chi connectivity index (χ0v) is 11.1. The van der Waals surface area contributed by atoms with E-state index in [4.69, 9.17) is 4.74 Å². The monoisotopic (exact) mass is 251 g/mol. The van der Waals surface area contributed by atoms with Gasteiger partial charge in [-0.15, -0.1) is 0 Å². The van der Waals surface area contributed by atoms with Gasteiger partial charge in [0.1, 0.15) is 5.75 Å². The maximum atomic E-state index is 11.6. The molecule has 0 aliphatic carbocycles. The van der Waals surface area contributed by atoms with E-state index in [1.54, 1.807) is 7.11 Å². The van der Waals surface area contributed by atoms with Crippen molar-refractivity contribution in [3.8, 4) is 5.75 Å². The lowest BCUT2D eigenvalue weighted by Crippen LogP contribution is -2.29. The molecule has 0 saturated carbocycles. The lowest BCUT2D eigenvalue weighted by molar-refractivity contribution is -0.123. The molecule has 0 fully saturated rings. The average molecular weight is 251 g/mol. The first kappa shape index (κ1) is 14.5. The molecular formula is C14H21NO3. The second-order valence-electron chi connectivity index (χ2n) is 4.64. The molecule has 0 heterocycles. The molecule has 1 atom stereocenters. The number of amides is 1. The highest BCUT2D eigenvalue weighted by Gasteiger charge is 2.13. The average Bonchev–Trinajstić information content (AvgIpc) is 2.36. The van der Waals surface area contributed by atoms with Crippen LogP contribution in [0, 0.1) is 5.92 Å². The Bertz CT molecular complexity index is 373. The first-order chi connectivity index (χ1) is 8.52. The summed E-state index contributed by atoms with van der Waals surface area (Å²) in [6.45, 7) is 4.25. The van der Waals surface area contributed by atoms with Crippen LogP contribution in [0.25, 0.3) is 0 Å². The van der Waals surface area contributed by atoms with Crippen molar-refractivity contribution in [3.05, 3.63) is 29.8 Å². The summed E-state index contributed by atoms with van der Waals surface area (Å²) in [5.74, 6) is 0.754. The van der Waals surface area contributed by atoms with Gasteiger partial charge in [0, 0.05) is 6.54 Å². The highest BCUT2D eigenvalue weighted by atomic mass is 16.5. The second kappa shape index (κ2) is 7.01. The van der Waals surface area contributed by atoms with Crippen molar-refractivity contribution in [2.45, 2.75) is 32.9 Å². The molecular weight excluding hydrogens is 230 g/mol. The third-order valence-corrected chi connectivity index (χ3v) is 2.81. The normalized spacial score (nSPS) is 12.3. The standard InChI is InChI=1S/C14H21NO3/c1-10(2)13(16)8-14(17)15-9-11-4-6-12(18-3)7-5-11/h4-7,10,13,16H,8-9H2,1-3H3,(H,15,17). The number of nitrogens with one attached hydrogen (secondary N) is 1. The maximum Gasteiger partial charge on any atom is 0.222 e. The first-order valence-corrected chi connectivity index (χ1v) is 6.10. The van der Waals surface area contributed by atoms with Crippen LogP contribution in [0.2, 0.25) is 0 Å². The van der Waals surface area contributed by atoms with Crippen LogP contribution in [0.1, 0.15) is 25.8 Å². The van der Waals surface area contributed by atoms with Crippen molar-refractivity contribution in [1.29, 1.82) is 0 Å². The third kappa shape index (κ3) is 4.75. The van der Waals surface area contributed by atoms with Crippen molar-refractivity contribution < 1.29 is 14.6 Å². The fourth-order valence-corrected chi connectivity index (χ4v) is 1.44. The minimum atomic E-state index is -0.583. The van der Waals surface area contributed by atoms with Gasteiger partial charge >= 0.3 is 0 Å². The summed E-state index contributed by atoms with van der Waals surface area (Å²) in [7, 11) is 1.62. The van der Waals surface area contributed by atoms with E-state index in [1.165, 1.54) is 0 Å². The molecule has 0 saturated heterocycles. The summed E-state index contributed by atoms with van der Waals surface area (Å²) in [6.07, 6.45) is -0.436. The molecule has 1 rings (SSSR count). The topological polar surface area (TPSA) is 58.6 Å². The Labute approximate surface area is 108 Å². The van der Waals surface area contributed by atoms with Crippen LogP contribution in [0.15, 0.2) is 24.3 Å². The highest BCUT2D eigenvalue weighted by Crippen LogP contribution is 2.11. The third-order valence-electron chi connectivity index (χ3n) is 2.81. The predicted molar refractivity (Wildman–Crippen MR) is 70.3 cm³/mol. The zero-order valence-electron chi connectivity index (χ0n) is 11.1. The van der Waals surface area contributed by atoms with Gasteiger partial charge in [-0.2, -0.15) is 0 Å². The number of aliphatic hydroxyl groups is 1. The molecule has 4 heteroatoms. The van der Waals surface area contributed by atoms with Crippen molar-refractivity contribution >= 4 is 5.91 Å². The van der Waals surface area contributed by atoms with Gasteiger partial charge in [0.2, 0.25) is 5.91 Å². The Morgan fingerprint density at radius 2 is 1.94 bits per heavy atom. The Morgan fingerprint density at radius 1 is 1.33 bits per heavy atom. The van der Waals surface area contributed by atoms with E-state index in [2.05, 4.69) is 5.32 Å². The molecule has 0 aliphatic heterocycles. The molecule has 1 aromatic carbocycles. The van der Waals surface area contributed by atoms with Gasteiger partial charge in [0.05, 0.1) is 19.6 Å². The quantitative estimate of drug-likeness (QED) is 0.809. The lowest BCUT2D eigenvalue weighted by atomic mass is 10.0. The number of rotatable bonds is 6. The summed E-state index contributed by atoms with van der Waals surface area (Å²) >= 11 is 0. The summed E-state index contributed by atoms with van der Waals surface area (Å²) in [5, 5.41) is 12.4. The number of ether oxygens (including phenoxy) is 1. The number of aliphatic hydroxyl groups excluding tert-OH is 1. The Hall–Kier alpha value is -1.55. The minimum absolute atomic E-state index is 0.0942. The van der Waals surface area contributed by atoms with Crippen LogP contribution < -0.4 is 10.1 Å². The van der Waals surface area contributed by atoms with Crippen molar-refractivity contribution in [1.82, 2.24) is 5.32 Å². The maximum absolute atomic E-state index is 11.6. The van der Waals surface area contributed by atoms with Crippen LogP contribution in [-0.4, -0.2) is 24.2 Å². The number of hydrogen-bond acceptors (Lipinski definition) is 3. The molecule has 100 valence electrons. The van der Waals surface area contributed by atoms with Crippen LogP contribution in [0.5, 0.6) is 5.75 Å². The summed E-state index contributed by atoms with van der Waals surface area (Å²) in [4.78, 5) is 11.6. The summed E-state index contributed by atoms with van der Waals surface area (Å²) in [6, 6.07) is 7.50. The fourth-order valence-electron chi connectivity index (χ4n) is 1.44. The van der Waals surface area contributed by atoms with Crippen LogP contribution in [0.4, 0.5) is 0 Å². The van der Waals surface area contributed by atoms with E-state index >= 15 is 0 Å². The molecule has 0 aliphatic rings.